The summed E-state index contributed by atoms with van der Waals surface area (Å²) in [5, 5.41) is 4.78. The fraction of sp³-hybridized carbons (Fsp3) is 0.267. The average Bonchev–Trinajstić information content (AvgIpc) is 3.58. The topological polar surface area (TPSA) is 59.8 Å². The summed E-state index contributed by atoms with van der Waals surface area (Å²) >= 11 is 0. The molecular weight excluding hydrogens is 483 g/mol. The van der Waals surface area contributed by atoms with Crippen molar-refractivity contribution in [2.24, 2.45) is 0 Å². The normalized spacial score (nSPS) is 15.2. The van der Waals surface area contributed by atoms with Gasteiger partial charge in [-0.2, -0.15) is 5.10 Å². The SMILES string of the molecule is Cc1ccc(-c2cc(C(=O)N3CCN(Cc4ccc5c(c4)OCO5)CC3)n(-c3ccc(F)cc3)n2)cc1C. The van der Waals surface area contributed by atoms with Crippen LogP contribution in [-0.2, 0) is 6.54 Å². The van der Waals surface area contributed by atoms with E-state index >= 15 is 0 Å². The Morgan fingerprint density at radius 1 is 0.868 bits per heavy atom. The Hall–Kier alpha value is -4.17. The van der Waals surface area contributed by atoms with E-state index in [4.69, 9.17) is 14.6 Å². The zero-order chi connectivity index (χ0) is 26.2. The molecule has 0 aliphatic carbocycles. The molecule has 0 unspecified atom stereocenters. The number of nitrogens with zero attached hydrogens (tertiary/aromatic N) is 4. The highest BCUT2D eigenvalue weighted by molar-refractivity contribution is 5.94. The van der Waals surface area contributed by atoms with Gasteiger partial charge >= 0.3 is 0 Å². The van der Waals surface area contributed by atoms with Gasteiger partial charge in [0, 0.05) is 38.3 Å². The predicted octanol–water partition coefficient (Wildman–Crippen LogP) is 4.98. The van der Waals surface area contributed by atoms with Crippen molar-refractivity contribution >= 4 is 5.91 Å². The second-order valence-corrected chi connectivity index (χ2v) is 9.86. The van der Waals surface area contributed by atoms with Crippen molar-refractivity contribution in [3.63, 3.8) is 0 Å². The Labute approximate surface area is 221 Å². The number of aryl methyl sites for hydroxylation is 2. The van der Waals surface area contributed by atoms with Crippen molar-refractivity contribution in [1.82, 2.24) is 19.6 Å². The largest absolute Gasteiger partial charge is 0.454 e. The minimum atomic E-state index is -0.332. The molecule has 0 N–H and O–H groups in total. The molecule has 2 aliphatic heterocycles. The molecule has 4 aromatic rings. The first-order valence-electron chi connectivity index (χ1n) is 12.8. The van der Waals surface area contributed by atoms with Crippen LogP contribution in [0.1, 0.15) is 27.2 Å². The molecule has 1 amide bonds. The highest BCUT2D eigenvalue weighted by atomic mass is 19.1. The number of ether oxygens (including phenoxy) is 2. The summed E-state index contributed by atoms with van der Waals surface area (Å²) in [6.45, 7) is 7.91. The molecule has 1 aromatic heterocycles. The number of amides is 1. The van der Waals surface area contributed by atoms with Gasteiger partial charge in [0.15, 0.2) is 11.5 Å². The molecule has 7 nitrogen and oxygen atoms in total. The van der Waals surface area contributed by atoms with Gasteiger partial charge in [-0.3, -0.25) is 9.69 Å². The third-order valence-corrected chi connectivity index (χ3v) is 7.31. The van der Waals surface area contributed by atoms with E-state index in [0.29, 0.717) is 30.2 Å². The Morgan fingerprint density at radius 2 is 1.63 bits per heavy atom. The van der Waals surface area contributed by atoms with Crippen LogP contribution in [0.4, 0.5) is 4.39 Å². The van der Waals surface area contributed by atoms with Crippen LogP contribution >= 0.6 is 0 Å². The molecule has 0 saturated carbocycles. The zero-order valence-electron chi connectivity index (χ0n) is 21.5. The van der Waals surface area contributed by atoms with E-state index in [9.17, 15) is 9.18 Å². The van der Waals surface area contributed by atoms with Gasteiger partial charge in [0.2, 0.25) is 6.79 Å². The van der Waals surface area contributed by atoms with Crippen molar-refractivity contribution in [3.05, 3.63) is 94.9 Å². The lowest BCUT2D eigenvalue weighted by Gasteiger charge is -2.34. The summed E-state index contributed by atoms with van der Waals surface area (Å²) in [5.41, 5.74) is 6.27. The quantitative estimate of drug-likeness (QED) is 0.378. The van der Waals surface area contributed by atoms with Crippen molar-refractivity contribution in [2.45, 2.75) is 20.4 Å². The Morgan fingerprint density at radius 3 is 2.39 bits per heavy atom. The number of rotatable bonds is 5. The fourth-order valence-electron chi connectivity index (χ4n) is 4.92. The van der Waals surface area contributed by atoms with E-state index in [1.54, 1.807) is 16.8 Å². The minimum Gasteiger partial charge on any atom is -0.454 e. The van der Waals surface area contributed by atoms with Crippen molar-refractivity contribution in [2.75, 3.05) is 33.0 Å². The smallest absolute Gasteiger partial charge is 0.272 e. The van der Waals surface area contributed by atoms with Gasteiger partial charge in [0.25, 0.3) is 5.91 Å². The van der Waals surface area contributed by atoms with E-state index < -0.39 is 0 Å². The first kappa shape index (κ1) is 24.2. The summed E-state index contributed by atoms with van der Waals surface area (Å²) in [4.78, 5) is 18.0. The van der Waals surface area contributed by atoms with E-state index in [1.165, 1.54) is 17.7 Å². The maximum Gasteiger partial charge on any atom is 0.272 e. The molecule has 38 heavy (non-hydrogen) atoms. The molecule has 194 valence electrons. The highest BCUT2D eigenvalue weighted by Gasteiger charge is 2.27. The average molecular weight is 513 g/mol. The predicted molar refractivity (Wildman–Crippen MR) is 142 cm³/mol. The minimum absolute atomic E-state index is 0.0837. The van der Waals surface area contributed by atoms with Gasteiger partial charge in [-0.05, 0) is 79.1 Å². The number of carbonyl (C=O) groups is 1. The lowest BCUT2D eigenvalue weighted by Crippen LogP contribution is -2.48. The van der Waals surface area contributed by atoms with Crippen LogP contribution in [0.5, 0.6) is 11.5 Å². The van der Waals surface area contributed by atoms with Gasteiger partial charge in [0.05, 0.1) is 11.4 Å². The molecule has 0 bridgehead atoms. The van der Waals surface area contributed by atoms with Gasteiger partial charge in [-0.25, -0.2) is 9.07 Å². The van der Waals surface area contributed by atoms with Crippen LogP contribution in [0.15, 0.2) is 66.7 Å². The molecule has 1 saturated heterocycles. The standard InChI is InChI=1S/C30H29FN4O3/c1-20-3-5-23(15-21(20)2)26-17-27(35(32-26)25-8-6-24(31)7-9-25)30(36)34-13-11-33(12-14-34)18-22-4-10-28-29(16-22)38-19-37-28/h3-10,15-17H,11-14,18-19H2,1-2H3. The maximum absolute atomic E-state index is 13.8. The van der Waals surface area contributed by atoms with Gasteiger partial charge in [-0.1, -0.05) is 18.2 Å². The van der Waals surface area contributed by atoms with Crippen LogP contribution in [0.2, 0.25) is 0 Å². The molecular formula is C30H29FN4O3. The molecule has 8 heteroatoms. The molecule has 2 aliphatic rings. The third kappa shape index (κ3) is 4.75. The monoisotopic (exact) mass is 512 g/mol. The Balaban J connectivity index is 1.22. The number of carbonyl (C=O) groups excluding carboxylic acids is 1. The maximum atomic E-state index is 13.8. The van der Waals surface area contributed by atoms with E-state index in [0.717, 1.165) is 47.8 Å². The van der Waals surface area contributed by atoms with Crippen molar-refractivity contribution < 1.29 is 18.7 Å². The number of halogens is 1. The number of hydrogen-bond acceptors (Lipinski definition) is 5. The molecule has 0 atom stereocenters. The summed E-state index contributed by atoms with van der Waals surface area (Å²) in [6, 6.07) is 20.1. The molecule has 3 heterocycles. The first-order valence-corrected chi connectivity index (χ1v) is 12.8. The van der Waals surface area contributed by atoms with Crippen LogP contribution in [0.3, 0.4) is 0 Å². The lowest BCUT2D eigenvalue weighted by atomic mass is 10.0. The number of benzene rings is 3. The molecule has 6 rings (SSSR count). The molecule has 0 radical (unpaired) electrons. The summed E-state index contributed by atoms with van der Waals surface area (Å²) in [5.74, 6) is 1.15. The molecule has 3 aromatic carbocycles. The lowest BCUT2D eigenvalue weighted by molar-refractivity contribution is 0.0619. The van der Waals surface area contributed by atoms with Gasteiger partial charge in [0.1, 0.15) is 11.5 Å². The summed E-state index contributed by atoms with van der Waals surface area (Å²) in [6.07, 6.45) is 0. The zero-order valence-corrected chi connectivity index (χ0v) is 21.5. The molecule has 1 fully saturated rings. The van der Waals surface area contributed by atoms with E-state index in [-0.39, 0.29) is 18.5 Å². The fourth-order valence-corrected chi connectivity index (χ4v) is 4.92. The number of piperazine rings is 1. The molecule has 0 spiro atoms. The Bertz CT molecular complexity index is 1490. The summed E-state index contributed by atoms with van der Waals surface area (Å²) in [7, 11) is 0. The van der Waals surface area contributed by atoms with Crippen LogP contribution < -0.4 is 9.47 Å². The van der Waals surface area contributed by atoms with E-state index in [1.807, 2.05) is 29.2 Å². The van der Waals surface area contributed by atoms with Crippen LogP contribution in [0.25, 0.3) is 16.9 Å². The van der Waals surface area contributed by atoms with Crippen molar-refractivity contribution in [3.8, 4) is 28.4 Å². The first-order chi connectivity index (χ1) is 18.4. The van der Waals surface area contributed by atoms with Crippen molar-refractivity contribution in [1.29, 1.82) is 0 Å². The second kappa shape index (κ2) is 9.95. The summed E-state index contributed by atoms with van der Waals surface area (Å²) < 4.78 is 26.2. The number of aromatic nitrogens is 2. The third-order valence-electron chi connectivity index (χ3n) is 7.31. The Kier molecular flexibility index (Phi) is 6.33. The highest BCUT2D eigenvalue weighted by Crippen LogP contribution is 2.33. The van der Waals surface area contributed by atoms with Gasteiger partial charge in [-0.15, -0.1) is 0 Å². The number of hydrogen-bond donors (Lipinski definition) is 0. The van der Waals surface area contributed by atoms with Gasteiger partial charge < -0.3 is 14.4 Å². The van der Waals surface area contributed by atoms with Crippen LogP contribution in [0, 0.1) is 19.7 Å². The van der Waals surface area contributed by atoms with Crippen LogP contribution in [-0.4, -0.2) is 58.5 Å². The number of fused-ring (bicyclic) bond motifs is 1. The van der Waals surface area contributed by atoms with E-state index in [2.05, 4.69) is 36.9 Å². The second-order valence-electron chi connectivity index (χ2n) is 9.86.